The summed E-state index contributed by atoms with van der Waals surface area (Å²) in [5, 5.41) is 6.19. The SMILES string of the molecule is Br.c1ccc(-c2ccc(-c3csc(Nc4cccnc4)n3)s2)nc1. The third-order valence-electron chi connectivity index (χ3n) is 3.19. The predicted molar refractivity (Wildman–Crippen MR) is 106 cm³/mol. The van der Waals surface area contributed by atoms with Crippen LogP contribution in [0.25, 0.3) is 21.1 Å². The molecule has 4 aromatic rings. The van der Waals surface area contributed by atoms with Crippen LogP contribution in [0.15, 0.2) is 66.4 Å². The van der Waals surface area contributed by atoms with Gasteiger partial charge in [-0.3, -0.25) is 9.97 Å². The standard InChI is InChI=1S/C17H12N4S2.BrH/c1-2-9-19-13(5-1)15-6-7-16(23-15)14-11-22-17(21-14)20-12-4-3-8-18-10-12;/h1-11H,(H,20,21);1H. The Bertz CT molecular complexity index is 907. The van der Waals surface area contributed by atoms with Crippen LogP contribution in [0, 0.1) is 0 Å². The van der Waals surface area contributed by atoms with E-state index in [9.17, 15) is 0 Å². The second kappa shape index (κ2) is 7.65. The first kappa shape index (κ1) is 16.8. The third kappa shape index (κ3) is 3.69. The molecule has 0 fully saturated rings. The molecular weight excluding hydrogens is 404 g/mol. The highest BCUT2D eigenvalue weighted by molar-refractivity contribution is 8.93. The first-order valence-electron chi connectivity index (χ1n) is 7.03. The maximum absolute atomic E-state index is 4.65. The van der Waals surface area contributed by atoms with Crippen LogP contribution in [0.5, 0.6) is 0 Å². The lowest BCUT2D eigenvalue weighted by Crippen LogP contribution is -1.89. The summed E-state index contributed by atoms with van der Waals surface area (Å²) in [5.74, 6) is 0. The van der Waals surface area contributed by atoms with E-state index in [1.54, 1.807) is 35.1 Å². The Hall–Kier alpha value is -2.09. The zero-order valence-corrected chi connectivity index (χ0v) is 15.8. The molecule has 0 unspecified atom stereocenters. The molecule has 4 heterocycles. The van der Waals surface area contributed by atoms with Gasteiger partial charge < -0.3 is 5.32 Å². The molecule has 0 aliphatic heterocycles. The van der Waals surface area contributed by atoms with Gasteiger partial charge in [-0.2, -0.15) is 0 Å². The van der Waals surface area contributed by atoms with Gasteiger partial charge in [-0.15, -0.1) is 39.7 Å². The third-order valence-corrected chi connectivity index (χ3v) is 5.08. The van der Waals surface area contributed by atoms with E-state index in [4.69, 9.17) is 0 Å². The minimum absolute atomic E-state index is 0. The Balaban J connectivity index is 0.00000169. The van der Waals surface area contributed by atoms with Crippen LogP contribution < -0.4 is 5.32 Å². The maximum Gasteiger partial charge on any atom is 0.187 e. The molecule has 7 heteroatoms. The predicted octanol–water partition coefficient (Wildman–Crippen LogP) is 5.65. The number of thiazole rings is 1. The fourth-order valence-corrected chi connectivity index (χ4v) is 3.88. The number of pyridine rings is 2. The van der Waals surface area contributed by atoms with Gasteiger partial charge in [0, 0.05) is 17.8 Å². The molecule has 120 valence electrons. The highest BCUT2D eigenvalue weighted by Crippen LogP contribution is 2.35. The average molecular weight is 417 g/mol. The van der Waals surface area contributed by atoms with Crippen molar-refractivity contribution in [2.45, 2.75) is 0 Å². The van der Waals surface area contributed by atoms with Gasteiger partial charge in [-0.05, 0) is 36.4 Å². The van der Waals surface area contributed by atoms with E-state index in [2.05, 4.69) is 37.8 Å². The molecule has 4 rings (SSSR count). The Morgan fingerprint density at radius 1 is 0.875 bits per heavy atom. The molecule has 0 saturated carbocycles. The zero-order valence-electron chi connectivity index (χ0n) is 12.4. The van der Waals surface area contributed by atoms with E-state index in [1.807, 2.05) is 36.5 Å². The van der Waals surface area contributed by atoms with Crippen LogP contribution in [0.1, 0.15) is 0 Å². The van der Waals surface area contributed by atoms with E-state index in [0.29, 0.717) is 0 Å². The number of hydrogen-bond acceptors (Lipinski definition) is 6. The fraction of sp³-hybridized carbons (Fsp3) is 0. The number of anilines is 2. The maximum atomic E-state index is 4.65. The van der Waals surface area contributed by atoms with E-state index in [-0.39, 0.29) is 17.0 Å². The minimum atomic E-state index is 0. The van der Waals surface area contributed by atoms with E-state index < -0.39 is 0 Å². The number of halogens is 1. The molecule has 0 spiro atoms. The highest BCUT2D eigenvalue weighted by Gasteiger charge is 2.09. The summed E-state index contributed by atoms with van der Waals surface area (Å²) in [6.45, 7) is 0. The van der Waals surface area contributed by atoms with Crippen LogP contribution in [0.4, 0.5) is 10.8 Å². The van der Waals surface area contributed by atoms with Crippen LogP contribution >= 0.6 is 39.7 Å². The molecule has 4 aromatic heterocycles. The van der Waals surface area contributed by atoms with Crippen molar-refractivity contribution in [1.29, 1.82) is 0 Å². The van der Waals surface area contributed by atoms with E-state index in [0.717, 1.165) is 32.0 Å². The summed E-state index contributed by atoms with van der Waals surface area (Å²) in [6.07, 6.45) is 5.35. The van der Waals surface area contributed by atoms with Gasteiger partial charge in [0.25, 0.3) is 0 Å². The monoisotopic (exact) mass is 416 g/mol. The first-order chi connectivity index (χ1) is 11.4. The van der Waals surface area contributed by atoms with Gasteiger partial charge in [-0.25, -0.2) is 4.98 Å². The van der Waals surface area contributed by atoms with Crippen molar-refractivity contribution in [3.63, 3.8) is 0 Å². The summed E-state index contributed by atoms with van der Waals surface area (Å²) in [7, 11) is 0. The van der Waals surface area contributed by atoms with E-state index in [1.165, 1.54) is 0 Å². The second-order valence-electron chi connectivity index (χ2n) is 4.78. The molecule has 1 N–H and O–H groups in total. The Labute approximate surface area is 158 Å². The van der Waals surface area contributed by atoms with Crippen LogP contribution in [-0.4, -0.2) is 15.0 Å². The van der Waals surface area contributed by atoms with Crippen molar-refractivity contribution in [2.75, 3.05) is 5.32 Å². The summed E-state index contributed by atoms with van der Waals surface area (Å²) in [4.78, 5) is 15.4. The second-order valence-corrected chi connectivity index (χ2v) is 6.73. The molecule has 0 atom stereocenters. The number of rotatable bonds is 4. The quantitative estimate of drug-likeness (QED) is 0.466. The molecule has 24 heavy (non-hydrogen) atoms. The molecule has 0 aromatic carbocycles. The summed E-state index contributed by atoms with van der Waals surface area (Å²) >= 11 is 3.29. The van der Waals surface area contributed by atoms with Gasteiger partial charge in [0.1, 0.15) is 0 Å². The van der Waals surface area contributed by atoms with Crippen LogP contribution in [-0.2, 0) is 0 Å². The molecule has 0 radical (unpaired) electrons. The lowest BCUT2D eigenvalue weighted by molar-refractivity contribution is 1.31. The van der Waals surface area contributed by atoms with Crippen molar-refractivity contribution in [1.82, 2.24) is 15.0 Å². The number of aromatic nitrogens is 3. The largest absolute Gasteiger partial charge is 0.330 e. The van der Waals surface area contributed by atoms with Gasteiger partial charge >= 0.3 is 0 Å². The molecule has 0 aliphatic carbocycles. The van der Waals surface area contributed by atoms with Crippen molar-refractivity contribution in [3.8, 4) is 21.1 Å². The summed E-state index contributed by atoms with van der Waals surface area (Å²) < 4.78 is 0. The van der Waals surface area contributed by atoms with Gasteiger partial charge in [0.05, 0.1) is 33.0 Å². The van der Waals surface area contributed by atoms with Crippen molar-refractivity contribution >= 4 is 50.5 Å². The normalized spacial score (nSPS) is 10.2. The number of hydrogen-bond donors (Lipinski definition) is 1. The molecule has 0 bridgehead atoms. The zero-order chi connectivity index (χ0) is 15.5. The van der Waals surface area contributed by atoms with Crippen molar-refractivity contribution < 1.29 is 0 Å². The van der Waals surface area contributed by atoms with Crippen LogP contribution in [0.3, 0.4) is 0 Å². The Morgan fingerprint density at radius 2 is 1.75 bits per heavy atom. The minimum Gasteiger partial charge on any atom is -0.330 e. The molecule has 0 aliphatic rings. The summed E-state index contributed by atoms with van der Waals surface area (Å²) in [6, 6.07) is 14.0. The van der Waals surface area contributed by atoms with E-state index >= 15 is 0 Å². The highest BCUT2D eigenvalue weighted by atomic mass is 79.9. The molecule has 4 nitrogen and oxygen atoms in total. The molecular formula is C17H13BrN4S2. The Morgan fingerprint density at radius 3 is 2.50 bits per heavy atom. The van der Waals surface area contributed by atoms with Crippen LogP contribution in [0.2, 0.25) is 0 Å². The first-order valence-corrected chi connectivity index (χ1v) is 8.72. The fourth-order valence-electron chi connectivity index (χ4n) is 2.13. The lowest BCUT2D eigenvalue weighted by Gasteiger charge is -1.99. The number of thiophene rings is 1. The summed E-state index contributed by atoms with van der Waals surface area (Å²) in [5.41, 5.74) is 2.91. The molecule has 0 saturated heterocycles. The lowest BCUT2D eigenvalue weighted by atomic mass is 10.3. The number of nitrogens with zero attached hydrogens (tertiary/aromatic N) is 3. The smallest absolute Gasteiger partial charge is 0.187 e. The van der Waals surface area contributed by atoms with Gasteiger partial charge in [0.2, 0.25) is 0 Å². The average Bonchev–Trinajstić information content (AvgIpc) is 3.26. The topological polar surface area (TPSA) is 50.7 Å². The Kier molecular flexibility index (Phi) is 5.34. The van der Waals surface area contributed by atoms with Crippen molar-refractivity contribution in [2.24, 2.45) is 0 Å². The van der Waals surface area contributed by atoms with Crippen molar-refractivity contribution in [3.05, 3.63) is 66.4 Å². The molecule has 0 amide bonds. The number of nitrogens with one attached hydrogen (secondary N) is 1. The van der Waals surface area contributed by atoms with Gasteiger partial charge in [-0.1, -0.05) is 6.07 Å². The van der Waals surface area contributed by atoms with Gasteiger partial charge in [0.15, 0.2) is 5.13 Å².